The van der Waals surface area contributed by atoms with Gasteiger partial charge in [-0.15, -0.1) is 0 Å². The summed E-state index contributed by atoms with van der Waals surface area (Å²) in [6.07, 6.45) is 0.994. The number of hydrogen-bond donors (Lipinski definition) is 5. The molecule has 0 saturated carbocycles. The van der Waals surface area contributed by atoms with Crippen LogP contribution in [0.15, 0.2) is 54.7 Å². The number of aromatic nitrogens is 1. The van der Waals surface area contributed by atoms with Gasteiger partial charge in [0, 0.05) is 23.5 Å². The minimum absolute atomic E-state index is 0.00296. The van der Waals surface area contributed by atoms with E-state index in [0.717, 1.165) is 16.5 Å². The van der Waals surface area contributed by atoms with Crippen molar-refractivity contribution in [2.75, 3.05) is 6.61 Å². The zero-order valence-electron chi connectivity index (χ0n) is 16.4. The minimum atomic E-state index is -0.999. The number of para-hydroxylation sites is 3. The Morgan fingerprint density at radius 2 is 1.81 bits per heavy atom. The van der Waals surface area contributed by atoms with Crippen molar-refractivity contribution < 1.29 is 23.9 Å². The number of benzene rings is 2. The highest BCUT2D eigenvalue weighted by Crippen LogP contribution is 2.30. The van der Waals surface area contributed by atoms with E-state index in [1.807, 2.05) is 24.3 Å². The van der Waals surface area contributed by atoms with E-state index in [2.05, 4.69) is 21.2 Å². The molecule has 1 aliphatic rings. The molecule has 0 unspecified atom stereocenters. The molecule has 1 aromatic heterocycles. The lowest BCUT2D eigenvalue weighted by molar-refractivity contribution is -0.135. The smallest absolute Gasteiger partial charge is 0.312 e. The average Bonchev–Trinajstić information content (AvgIpc) is 3.19. The van der Waals surface area contributed by atoms with Gasteiger partial charge >= 0.3 is 6.03 Å². The van der Waals surface area contributed by atoms with Gasteiger partial charge in [0.15, 0.2) is 11.5 Å². The molecule has 2 aromatic carbocycles. The van der Waals surface area contributed by atoms with Crippen molar-refractivity contribution in [3.8, 4) is 11.5 Å². The maximum absolute atomic E-state index is 12.6. The first-order chi connectivity index (χ1) is 15.0. The molecule has 160 valence electrons. The van der Waals surface area contributed by atoms with Crippen LogP contribution in [0.25, 0.3) is 10.9 Å². The van der Waals surface area contributed by atoms with Gasteiger partial charge < -0.3 is 25.5 Å². The van der Waals surface area contributed by atoms with Crippen LogP contribution in [0.4, 0.5) is 4.79 Å². The number of aromatic amines is 1. The zero-order valence-corrected chi connectivity index (χ0v) is 16.4. The maximum atomic E-state index is 12.6. The third kappa shape index (κ3) is 4.53. The minimum Gasteiger partial charge on any atom is -0.485 e. The number of nitrogens with one attached hydrogen (secondary N) is 4. The fourth-order valence-corrected chi connectivity index (χ4v) is 3.34. The van der Waals surface area contributed by atoms with Crippen LogP contribution in [-0.2, 0) is 16.0 Å². The molecule has 0 aliphatic carbocycles. The number of fused-ring (bicyclic) bond motifs is 2. The average molecular weight is 423 g/mol. The van der Waals surface area contributed by atoms with Crippen LogP contribution < -0.4 is 31.4 Å². The quantitative estimate of drug-likeness (QED) is 0.384. The number of nitrogens with two attached hydrogens (primary N) is 1. The van der Waals surface area contributed by atoms with Gasteiger partial charge in [0.2, 0.25) is 6.10 Å². The highest BCUT2D eigenvalue weighted by atomic mass is 16.6. The molecule has 31 heavy (non-hydrogen) atoms. The fourth-order valence-electron chi connectivity index (χ4n) is 3.34. The molecule has 0 saturated heterocycles. The first kappa shape index (κ1) is 20.1. The van der Waals surface area contributed by atoms with Crippen LogP contribution in [0, 0.1) is 0 Å². The highest BCUT2D eigenvalue weighted by Gasteiger charge is 2.29. The molecule has 1 aliphatic heterocycles. The Hall–Kier alpha value is -4.21. The predicted molar refractivity (Wildman–Crippen MR) is 111 cm³/mol. The molecule has 10 heteroatoms. The van der Waals surface area contributed by atoms with Crippen LogP contribution in [0.2, 0.25) is 0 Å². The molecule has 3 aromatic rings. The van der Waals surface area contributed by atoms with Crippen molar-refractivity contribution in [1.29, 1.82) is 0 Å². The second-order valence-electron chi connectivity index (χ2n) is 6.97. The molecule has 0 fully saturated rings. The summed E-state index contributed by atoms with van der Waals surface area (Å²) in [5.41, 5.74) is 11.6. The Bertz CT molecular complexity index is 1130. The van der Waals surface area contributed by atoms with Gasteiger partial charge in [-0.25, -0.2) is 4.79 Å². The number of primary amides is 1. The first-order valence-electron chi connectivity index (χ1n) is 9.60. The molecular weight excluding hydrogens is 402 g/mol. The number of hydrogen-bond acceptors (Lipinski definition) is 5. The van der Waals surface area contributed by atoms with E-state index in [0.29, 0.717) is 11.5 Å². The number of carbonyl (C=O) groups excluding carboxylic acids is 3. The normalized spacial score (nSPS) is 15.7. The maximum Gasteiger partial charge on any atom is 0.312 e. The van der Waals surface area contributed by atoms with E-state index < -0.39 is 30.0 Å². The van der Waals surface area contributed by atoms with Crippen LogP contribution in [0.1, 0.15) is 5.56 Å². The molecule has 10 nitrogen and oxygen atoms in total. The molecule has 6 N–H and O–H groups in total. The van der Waals surface area contributed by atoms with Gasteiger partial charge in [0.25, 0.3) is 11.8 Å². The van der Waals surface area contributed by atoms with E-state index in [-0.39, 0.29) is 13.0 Å². The molecule has 0 radical (unpaired) electrons. The standard InChI is InChI=1S/C21H21N5O5/c22-21(29)24-15(9-12-10-23-14-6-2-1-5-13(12)14)19(27)25-26-20(28)18-11-30-16-7-3-4-8-17(16)31-18/h1-8,10,15,18,23H,9,11H2,(H,25,27)(H,26,28)(H3,22,24,29)/t15-,18+/m0/s1. The van der Waals surface area contributed by atoms with E-state index in [1.54, 1.807) is 30.5 Å². The molecule has 0 bridgehead atoms. The molecule has 2 heterocycles. The molecule has 4 amide bonds. The molecule has 4 rings (SSSR count). The van der Waals surface area contributed by atoms with Crippen molar-refractivity contribution >= 4 is 28.7 Å². The second kappa shape index (κ2) is 8.66. The number of amides is 4. The second-order valence-corrected chi connectivity index (χ2v) is 6.97. The molecule has 0 spiro atoms. The highest BCUT2D eigenvalue weighted by molar-refractivity contribution is 5.91. The number of rotatable bonds is 5. The van der Waals surface area contributed by atoms with Gasteiger partial charge in [-0.2, -0.15) is 0 Å². The van der Waals surface area contributed by atoms with Gasteiger partial charge in [-0.05, 0) is 23.8 Å². The lowest BCUT2D eigenvalue weighted by atomic mass is 10.0. The fraction of sp³-hybridized carbons (Fsp3) is 0.190. The first-order valence-corrected chi connectivity index (χ1v) is 9.60. The van der Waals surface area contributed by atoms with E-state index in [1.165, 1.54) is 0 Å². The lowest BCUT2D eigenvalue weighted by Crippen LogP contribution is -2.56. The number of H-pyrrole nitrogens is 1. The summed E-state index contributed by atoms with van der Waals surface area (Å²) >= 11 is 0. The summed E-state index contributed by atoms with van der Waals surface area (Å²) in [7, 11) is 0. The van der Waals surface area contributed by atoms with Crippen molar-refractivity contribution in [2.24, 2.45) is 5.73 Å². The van der Waals surface area contributed by atoms with Crippen molar-refractivity contribution in [3.63, 3.8) is 0 Å². The summed E-state index contributed by atoms with van der Waals surface area (Å²) in [5.74, 6) is -0.241. The van der Waals surface area contributed by atoms with E-state index in [4.69, 9.17) is 15.2 Å². The summed E-state index contributed by atoms with van der Waals surface area (Å²) in [4.78, 5) is 39.6. The zero-order chi connectivity index (χ0) is 21.8. The van der Waals surface area contributed by atoms with Crippen LogP contribution in [-0.4, -0.2) is 41.6 Å². The lowest BCUT2D eigenvalue weighted by Gasteiger charge is -2.26. The Labute approximate surface area is 177 Å². The van der Waals surface area contributed by atoms with E-state index >= 15 is 0 Å². The van der Waals surface area contributed by atoms with E-state index in [9.17, 15) is 14.4 Å². The largest absolute Gasteiger partial charge is 0.485 e. The van der Waals surface area contributed by atoms with Crippen molar-refractivity contribution in [1.82, 2.24) is 21.2 Å². The van der Waals surface area contributed by atoms with Crippen LogP contribution >= 0.6 is 0 Å². The summed E-state index contributed by atoms with van der Waals surface area (Å²) < 4.78 is 11.1. The summed E-state index contributed by atoms with van der Waals surface area (Å²) in [6, 6.07) is 12.7. The number of hydrazine groups is 1. The Morgan fingerprint density at radius 1 is 1.06 bits per heavy atom. The van der Waals surface area contributed by atoms with Crippen molar-refractivity contribution in [2.45, 2.75) is 18.6 Å². The number of urea groups is 1. The third-order valence-corrected chi connectivity index (χ3v) is 4.84. The van der Waals surface area contributed by atoms with Gasteiger partial charge in [0.1, 0.15) is 12.6 Å². The molecule has 2 atom stereocenters. The number of carbonyl (C=O) groups is 3. The third-order valence-electron chi connectivity index (χ3n) is 4.84. The van der Waals surface area contributed by atoms with Crippen LogP contribution in [0.3, 0.4) is 0 Å². The van der Waals surface area contributed by atoms with Gasteiger partial charge in [-0.1, -0.05) is 30.3 Å². The molecular formula is C21H21N5O5. The Morgan fingerprint density at radius 3 is 2.61 bits per heavy atom. The summed E-state index contributed by atoms with van der Waals surface area (Å²) in [6.45, 7) is -0.00296. The predicted octanol–water partition coefficient (Wildman–Crippen LogP) is 0.735. The monoisotopic (exact) mass is 423 g/mol. The topological polar surface area (TPSA) is 148 Å². The Kier molecular flexibility index (Phi) is 5.61. The van der Waals surface area contributed by atoms with Crippen molar-refractivity contribution in [3.05, 3.63) is 60.3 Å². The van der Waals surface area contributed by atoms with Crippen LogP contribution in [0.5, 0.6) is 11.5 Å². The van der Waals surface area contributed by atoms with Gasteiger partial charge in [-0.3, -0.25) is 20.4 Å². The summed E-state index contributed by atoms with van der Waals surface area (Å²) in [5, 5.41) is 3.32. The Balaban J connectivity index is 1.38. The SMILES string of the molecule is NC(=O)N[C@@H](Cc1c[nH]c2ccccc12)C(=O)NNC(=O)[C@H]1COc2ccccc2O1. The van der Waals surface area contributed by atoms with Gasteiger partial charge in [0.05, 0.1) is 0 Å². The number of ether oxygens (including phenoxy) is 2.